The summed E-state index contributed by atoms with van der Waals surface area (Å²) in [5.74, 6) is -0.981. The Morgan fingerprint density at radius 1 is 0.857 bits per heavy atom. The number of hydrogen-bond donors (Lipinski definition) is 3. The van der Waals surface area contributed by atoms with Crippen molar-refractivity contribution in [1.29, 1.82) is 0 Å². The number of nitrogens with one attached hydrogen (secondary N) is 2. The largest absolute Gasteiger partial charge is 0.478 e. The Balaban J connectivity index is 1.81. The van der Waals surface area contributed by atoms with Gasteiger partial charge < -0.3 is 15.7 Å². The van der Waals surface area contributed by atoms with Crippen molar-refractivity contribution in [3.63, 3.8) is 0 Å². The Hall–Kier alpha value is -2.82. The van der Waals surface area contributed by atoms with Crippen LogP contribution in [-0.2, 0) is 13.1 Å². The number of urea groups is 1. The lowest BCUT2D eigenvalue weighted by Crippen LogP contribution is -2.34. The molecule has 0 bridgehead atoms. The van der Waals surface area contributed by atoms with E-state index >= 15 is 0 Å². The molecule has 21 heavy (non-hydrogen) atoms. The van der Waals surface area contributed by atoms with Crippen molar-refractivity contribution in [2.75, 3.05) is 0 Å². The second kappa shape index (κ2) is 7.09. The summed E-state index contributed by atoms with van der Waals surface area (Å²) in [6.45, 7) is 0.726. The first kappa shape index (κ1) is 14.6. The molecule has 108 valence electrons. The van der Waals surface area contributed by atoms with Crippen LogP contribution in [0.4, 0.5) is 4.79 Å². The fourth-order valence-electron chi connectivity index (χ4n) is 1.84. The number of aromatic carboxylic acids is 1. The highest BCUT2D eigenvalue weighted by Crippen LogP contribution is 2.05. The van der Waals surface area contributed by atoms with Gasteiger partial charge in [-0.2, -0.15) is 0 Å². The average Bonchev–Trinajstić information content (AvgIpc) is 2.52. The van der Waals surface area contributed by atoms with E-state index in [1.165, 1.54) is 6.07 Å². The molecule has 0 radical (unpaired) electrons. The van der Waals surface area contributed by atoms with Crippen LogP contribution in [0, 0.1) is 0 Å². The van der Waals surface area contributed by atoms with Crippen molar-refractivity contribution in [2.45, 2.75) is 13.1 Å². The van der Waals surface area contributed by atoms with Crippen molar-refractivity contribution >= 4 is 12.0 Å². The van der Waals surface area contributed by atoms with Crippen molar-refractivity contribution < 1.29 is 14.7 Å². The molecule has 0 unspecified atom stereocenters. The van der Waals surface area contributed by atoms with E-state index < -0.39 is 5.97 Å². The summed E-state index contributed by atoms with van der Waals surface area (Å²) < 4.78 is 0. The maximum atomic E-state index is 11.7. The number of rotatable bonds is 5. The SMILES string of the molecule is O=C(NCc1ccccc1)NCc1cccc(C(=O)O)c1. The summed E-state index contributed by atoms with van der Waals surface area (Å²) in [6.07, 6.45) is 0. The van der Waals surface area contributed by atoms with Crippen LogP contribution < -0.4 is 10.6 Å². The standard InChI is InChI=1S/C16H16N2O3/c19-15(20)14-8-4-7-13(9-14)11-18-16(21)17-10-12-5-2-1-3-6-12/h1-9H,10-11H2,(H,19,20)(H2,17,18,21). The number of carbonyl (C=O) groups is 2. The Morgan fingerprint density at radius 2 is 1.48 bits per heavy atom. The van der Waals surface area contributed by atoms with Crippen molar-refractivity contribution in [3.05, 3.63) is 71.3 Å². The number of hydrogen-bond acceptors (Lipinski definition) is 2. The van der Waals surface area contributed by atoms with Gasteiger partial charge in [0.1, 0.15) is 0 Å². The highest BCUT2D eigenvalue weighted by atomic mass is 16.4. The second-order valence-electron chi connectivity index (χ2n) is 4.53. The predicted octanol–water partition coefficient (Wildman–Crippen LogP) is 2.38. The summed E-state index contributed by atoms with van der Waals surface area (Å²) in [6, 6.07) is 15.8. The minimum atomic E-state index is -0.981. The van der Waals surface area contributed by atoms with E-state index in [4.69, 9.17) is 5.11 Å². The van der Waals surface area contributed by atoms with Gasteiger partial charge in [0.2, 0.25) is 0 Å². The summed E-state index contributed by atoms with van der Waals surface area (Å²) >= 11 is 0. The van der Waals surface area contributed by atoms with E-state index in [1.807, 2.05) is 30.3 Å². The third-order valence-electron chi connectivity index (χ3n) is 2.92. The molecule has 0 spiro atoms. The molecule has 2 aromatic carbocycles. The van der Waals surface area contributed by atoms with Crippen LogP contribution in [0.1, 0.15) is 21.5 Å². The van der Waals surface area contributed by atoms with E-state index in [1.54, 1.807) is 18.2 Å². The number of benzene rings is 2. The highest BCUT2D eigenvalue weighted by molar-refractivity contribution is 5.87. The maximum absolute atomic E-state index is 11.7. The van der Waals surface area contributed by atoms with E-state index in [9.17, 15) is 9.59 Å². The van der Waals surface area contributed by atoms with Crippen LogP contribution in [0.3, 0.4) is 0 Å². The molecule has 0 aromatic heterocycles. The van der Waals surface area contributed by atoms with Gasteiger partial charge in [0.25, 0.3) is 0 Å². The zero-order valence-corrected chi connectivity index (χ0v) is 11.4. The first-order valence-electron chi connectivity index (χ1n) is 6.53. The summed E-state index contributed by atoms with van der Waals surface area (Å²) in [7, 11) is 0. The minimum Gasteiger partial charge on any atom is -0.478 e. The third-order valence-corrected chi connectivity index (χ3v) is 2.92. The number of carbonyl (C=O) groups excluding carboxylic acids is 1. The van der Waals surface area contributed by atoms with E-state index in [-0.39, 0.29) is 18.1 Å². The fraction of sp³-hybridized carbons (Fsp3) is 0.125. The summed E-state index contributed by atoms with van der Waals surface area (Å²) in [5.41, 5.74) is 1.96. The smallest absolute Gasteiger partial charge is 0.335 e. The molecular formula is C16H16N2O3. The number of amides is 2. The van der Waals surface area contributed by atoms with Crippen LogP contribution in [0.25, 0.3) is 0 Å². The molecule has 2 amide bonds. The lowest BCUT2D eigenvalue weighted by atomic mass is 10.1. The van der Waals surface area contributed by atoms with Crippen LogP contribution in [0.15, 0.2) is 54.6 Å². The van der Waals surface area contributed by atoms with Crippen LogP contribution in [0.2, 0.25) is 0 Å². The first-order chi connectivity index (χ1) is 10.1. The first-order valence-corrected chi connectivity index (χ1v) is 6.53. The van der Waals surface area contributed by atoms with Gasteiger partial charge in [-0.15, -0.1) is 0 Å². The molecule has 0 atom stereocenters. The lowest BCUT2D eigenvalue weighted by molar-refractivity contribution is 0.0696. The van der Waals surface area contributed by atoms with Crippen LogP contribution in [0.5, 0.6) is 0 Å². The molecule has 0 saturated heterocycles. The molecule has 0 saturated carbocycles. The minimum absolute atomic E-state index is 0.207. The molecule has 3 N–H and O–H groups in total. The van der Waals surface area contributed by atoms with E-state index in [0.29, 0.717) is 6.54 Å². The Kier molecular flexibility index (Phi) is 4.93. The van der Waals surface area contributed by atoms with Gasteiger partial charge in [-0.1, -0.05) is 42.5 Å². The van der Waals surface area contributed by atoms with Crippen molar-refractivity contribution in [3.8, 4) is 0 Å². The molecular weight excluding hydrogens is 268 g/mol. The number of carboxylic acid groups (broad SMARTS) is 1. The van der Waals surface area contributed by atoms with Gasteiger partial charge in [-0.05, 0) is 23.3 Å². The molecule has 0 fully saturated rings. The molecule has 2 rings (SSSR count). The fourth-order valence-corrected chi connectivity index (χ4v) is 1.84. The Morgan fingerprint density at radius 3 is 2.14 bits per heavy atom. The van der Waals surface area contributed by atoms with Crippen molar-refractivity contribution in [1.82, 2.24) is 10.6 Å². The van der Waals surface area contributed by atoms with Crippen LogP contribution in [-0.4, -0.2) is 17.1 Å². The molecule has 0 aliphatic heterocycles. The zero-order chi connectivity index (χ0) is 15.1. The third kappa shape index (κ3) is 4.65. The van der Waals surface area contributed by atoms with Gasteiger partial charge in [0.15, 0.2) is 0 Å². The van der Waals surface area contributed by atoms with Gasteiger partial charge in [-0.25, -0.2) is 9.59 Å². The molecule has 2 aromatic rings. The average molecular weight is 284 g/mol. The molecule has 0 heterocycles. The van der Waals surface area contributed by atoms with Crippen molar-refractivity contribution in [2.24, 2.45) is 0 Å². The zero-order valence-electron chi connectivity index (χ0n) is 11.4. The highest BCUT2D eigenvalue weighted by Gasteiger charge is 2.04. The molecule has 0 aliphatic rings. The van der Waals surface area contributed by atoms with E-state index in [0.717, 1.165) is 11.1 Å². The topological polar surface area (TPSA) is 78.4 Å². The van der Waals surface area contributed by atoms with Gasteiger partial charge >= 0.3 is 12.0 Å². The summed E-state index contributed by atoms with van der Waals surface area (Å²) in [5, 5.41) is 14.3. The Labute approximate surface area is 122 Å². The second-order valence-corrected chi connectivity index (χ2v) is 4.53. The van der Waals surface area contributed by atoms with E-state index in [2.05, 4.69) is 10.6 Å². The molecule has 0 aliphatic carbocycles. The quantitative estimate of drug-likeness (QED) is 0.788. The van der Waals surface area contributed by atoms with Crippen LogP contribution >= 0.6 is 0 Å². The van der Waals surface area contributed by atoms with Gasteiger partial charge in [0, 0.05) is 13.1 Å². The molecule has 5 heteroatoms. The molecule has 5 nitrogen and oxygen atoms in total. The normalized spacial score (nSPS) is 9.90. The Bertz CT molecular complexity index is 626. The predicted molar refractivity (Wildman–Crippen MR) is 78.9 cm³/mol. The number of carboxylic acids is 1. The monoisotopic (exact) mass is 284 g/mol. The van der Waals surface area contributed by atoms with Gasteiger partial charge in [-0.3, -0.25) is 0 Å². The maximum Gasteiger partial charge on any atom is 0.335 e. The summed E-state index contributed by atoms with van der Waals surface area (Å²) in [4.78, 5) is 22.5. The lowest BCUT2D eigenvalue weighted by Gasteiger charge is -2.08. The van der Waals surface area contributed by atoms with Gasteiger partial charge in [0.05, 0.1) is 5.56 Å².